The van der Waals surface area contributed by atoms with E-state index in [0.29, 0.717) is 31.1 Å². The van der Waals surface area contributed by atoms with Crippen molar-refractivity contribution >= 4 is 23.2 Å². The standard InChI is InChI=1S/C25H31N3O4/c1-19(29)26-21-8-10-22(11-9-21)27-24(30)17-28-14-13-25(12-5-15-32-25)23(16-28)31-18-20-6-3-2-4-7-20/h2-4,6-11,23H,5,12-18H2,1H3,(H,26,29)(H,27,30)/t23-,25-/m1/s1. The number of amides is 2. The summed E-state index contributed by atoms with van der Waals surface area (Å²) in [4.78, 5) is 25.9. The molecule has 1 spiro atoms. The summed E-state index contributed by atoms with van der Waals surface area (Å²) in [5.41, 5.74) is 2.31. The SMILES string of the molecule is CC(=O)Nc1ccc(NC(=O)CN2CC[C@]3(CCCO3)[C@H](OCc3ccccc3)C2)cc1. The number of carbonyl (C=O) groups is 2. The predicted molar refractivity (Wildman–Crippen MR) is 123 cm³/mol. The second kappa shape index (κ2) is 10.3. The molecule has 2 heterocycles. The Balaban J connectivity index is 1.33. The number of hydrogen-bond acceptors (Lipinski definition) is 5. The van der Waals surface area contributed by atoms with E-state index in [9.17, 15) is 9.59 Å². The third-order valence-electron chi connectivity index (χ3n) is 6.15. The van der Waals surface area contributed by atoms with Gasteiger partial charge < -0.3 is 20.1 Å². The fraction of sp³-hybridized carbons (Fsp3) is 0.440. The van der Waals surface area contributed by atoms with Crippen LogP contribution in [-0.2, 0) is 25.7 Å². The van der Waals surface area contributed by atoms with Crippen molar-refractivity contribution in [3.8, 4) is 0 Å². The molecule has 0 unspecified atom stereocenters. The minimum absolute atomic E-state index is 0.0660. The van der Waals surface area contributed by atoms with Gasteiger partial charge in [-0.1, -0.05) is 30.3 Å². The van der Waals surface area contributed by atoms with Gasteiger partial charge in [0, 0.05) is 38.0 Å². The maximum atomic E-state index is 12.6. The van der Waals surface area contributed by atoms with Gasteiger partial charge in [-0.3, -0.25) is 14.5 Å². The van der Waals surface area contributed by atoms with Crippen molar-refractivity contribution in [2.75, 3.05) is 36.9 Å². The van der Waals surface area contributed by atoms with Crippen LogP contribution in [0.3, 0.4) is 0 Å². The van der Waals surface area contributed by atoms with Crippen molar-refractivity contribution in [1.29, 1.82) is 0 Å². The Bertz CT molecular complexity index is 911. The Morgan fingerprint density at radius 1 is 1.06 bits per heavy atom. The van der Waals surface area contributed by atoms with Crippen LogP contribution < -0.4 is 10.6 Å². The van der Waals surface area contributed by atoms with Crippen molar-refractivity contribution in [2.45, 2.75) is 44.5 Å². The van der Waals surface area contributed by atoms with Crippen molar-refractivity contribution in [3.63, 3.8) is 0 Å². The predicted octanol–water partition coefficient (Wildman–Crippen LogP) is 3.42. The first-order valence-corrected chi connectivity index (χ1v) is 11.2. The lowest BCUT2D eigenvalue weighted by atomic mass is 9.85. The fourth-order valence-electron chi connectivity index (χ4n) is 4.53. The van der Waals surface area contributed by atoms with Gasteiger partial charge in [0.25, 0.3) is 0 Å². The Hall–Kier alpha value is -2.74. The van der Waals surface area contributed by atoms with Crippen molar-refractivity contribution in [3.05, 3.63) is 60.2 Å². The average Bonchev–Trinajstić information content (AvgIpc) is 3.25. The van der Waals surface area contributed by atoms with Gasteiger partial charge in [-0.05, 0) is 49.1 Å². The molecule has 170 valence electrons. The van der Waals surface area contributed by atoms with Gasteiger partial charge in [0.2, 0.25) is 11.8 Å². The zero-order valence-electron chi connectivity index (χ0n) is 18.5. The summed E-state index contributed by atoms with van der Waals surface area (Å²) in [5.74, 6) is -0.192. The molecule has 2 aliphatic rings. The first-order chi connectivity index (χ1) is 15.5. The van der Waals surface area contributed by atoms with Crippen LogP contribution in [0.1, 0.15) is 31.7 Å². The maximum Gasteiger partial charge on any atom is 0.238 e. The number of nitrogens with zero attached hydrogens (tertiary/aromatic N) is 1. The first kappa shape index (κ1) is 22.5. The summed E-state index contributed by atoms with van der Waals surface area (Å²) >= 11 is 0. The average molecular weight is 438 g/mol. The number of nitrogens with one attached hydrogen (secondary N) is 2. The van der Waals surface area contributed by atoms with Crippen LogP contribution in [0.5, 0.6) is 0 Å². The highest BCUT2D eigenvalue weighted by Gasteiger charge is 2.47. The molecule has 2 aromatic rings. The topological polar surface area (TPSA) is 79.9 Å². The maximum absolute atomic E-state index is 12.6. The van der Waals surface area contributed by atoms with E-state index in [4.69, 9.17) is 9.47 Å². The highest BCUT2D eigenvalue weighted by molar-refractivity contribution is 5.93. The van der Waals surface area contributed by atoms with Crippen molar-refractivity contribution < 1.29 is 19.1 Å². The highest BCUT2D eigenvalue weighted by Crippen LogP contribution is 2.38. The third-order valence-corrected chi connectivity index (χ3v) is 6.15. The summed E-state index contributed by atoms with van der Waals surface area (Å²) in [5, 5.41) is 5.66. The van der Waals surface area contributed by atoms with E-state index in [1.54, 1.807) is 24.3 Å². The molecule has 2 atom stereocenters. The van der Waals surface area contributed by atoms with Gasteiger partial charge in [0.15, 0.2) is 0 Å². The van der Waals surface area contributed by atoms with Crippen LogP contribution >= 0.6 is 0 Å². The molecule has 0 bridgehead atoms. The van der Waals surface area contributed by atoms with E-state index in [2.05, 4.69) is 27.7 Å². The van der Waals surface area contributed by atoms with Gasteiger partial charge in [-0.15, -0.1) is 0 Å². The quantitative estimate of drug-likeness (QED) is 0.694. The number of rotatable bonds is 7. The Morgan fingerprint density at radius 2 is 1.78 bits per heavy atom. The first-order valence-electron chi connectivity index (χ1n) is 11.2. The smallest absolute Gasteiger partial charge is 0.238 e. The largest absolute Gasteiger partial charge is 0.372 e. The summed E-state index contributed by atoms with van der Waals surface area (Å²) in [6.45, 7) is 4.56. The zero-order valence-corrected chi connectivity index (χ0v) is 18.5. The molecule has 2 amide bonds. The molecule has 2 fully saturated rings. The zero-order chi connectivity index (χ0) is 22.4. The van der Waals surface area contributed by atoms with Gasteiger partial charge in [0.1, 0.15) is 0 Å². The van der Waals surface area contributed by atoms with Gasteiger partial charge in [-0.2, -0.15) is 0 Å². The summed E-state index contributed by atoms with van der Waals surface area (Å²) in [6.07, 6.45) is 2.86. The Morgan fingerprint density at radius 3 is 2.44 bits per heavy atom. The molecule has 2 N–H and O–H groups in total. The van der Waals surface area contributed by atoms with E-state index in [1.165, 1.54) is 6.92 Å². The summed E-state index contributed by atoms with van der Waals surface area (Å²) < 4.78 is 12.5. The molecule has 0 radical (unpaired) electrons. The number of ether oxygens (including phenoxy) is 2. The highest BCUT2D eigenvalue weighted by atomic mass is 16.6. The molecule has 2 aliphatic heterocycles. The molecule has 0 saturated carbocycles. The van der Waals surface area contributed by atoms with E-state index in [1.807, 2.05) is 18.2 Å². The van der Waals surface area contributed by atoms with Gasteiger partial charge in [0.05, 0.1) is 24.9 Å². The van der Waals surface area contributed by atoms with Crippen LogP contribution in [0.4, 0.5) is 11.4 Å². The number of hydrogen-bond donors (Lipinski definition) is 2. The van der Waals surface area contributed by atoms with Crippen molar-refractivity contribution in [2.24, 2.45) is 0 Å². The minimum atomic E-state index is -0.235. The lowest BCUT2D eigenvalue weighted by molar-refractivity contribution is -0.159. The Kier molecular flexibility index (Phi) is 7.19. The van der Waals surface area contributed by atoms with E-state index >= 15 is 0 Å². The number of benzene rings is 2. The number of piperidine rings is 1. The summed E-state index contributed by atoms with van der Waals surface area (Å²) in [7, 11) is 0. The molecule has 32 heavy (non-hydrogen) atoms. The molecule has 7 heteroatoms. The molecule has 0 aliphatic carbocycles. The van der Waals surface area contributed by atoms with Crippen LogP contribution in [0.25, 0.3) is 0 Å². The number of carbonyl (C=O) groups excluding carboxylic acids is 2. The van der Waals surface area contributed by atoms with Crippen LogP contribution in [0, 0.1) is 0 Å². The fourth-order valence-corrected chi connectivity index (χ4v) is 4.53. The Labute approximate surface area is 189 Å². The normalized spacial score (nSPS) is 23.2. The molecular weight excluding hydrogens is 406 g/mol. The second-order valence-electron chi connectivity index (χ2n) is 8.59. The molecule has 7 nitrogen and oxygen atoms in total. The van der Waals surface area contributed by atoms with Crippen LogP contribution in [0.2, 0.25) is 0 Å². The molecule has 4 rings (SSSR count). The lowest BCUT2D eigenvalue weighted by Crippen LogP contribution is -2.57. The lowest BCUT2D eigenvalue weighted by Gasteiger charge is -2.44. The van der Waals surface area contributed by atoms with E-state index < -0.39 is 0 Å². The second-order valence-corrected chi connectivity index (χ2v) is 8.59. The van der Waals surface area contributed by atoms with Gasteiger partial charge >= 0.3 is 0 Å². The van der Waals surface area contributed by atoms with E-state index in [-0.39, 0.29) is 23.5 Å². The number of likely N-dealkylation sites (tertiary alicyclic amines) is 1. The molecule has 2 saturated heterocycles. The van der Waals surface area contributed by atoms with Crippen molar-refractivity contribution in [1.82, 2.24) is 4.90 Å². The third kappa shape index (κ3) is 5.73. The minimum Gasteiger partial charge on any atom is -0.372 e. The monoisotopic (exact) mass is 437 g/mol. The molecule has 2 aromatic carbocycles. The van der Waals surface area contributed by atoms with Gasteiger partial charge in [-0.25, -0.2) is 0 Å². The molecule has 0 aromatic heterocycles. The van der Waals surface area contributed by atoms with Crippen LogP contribution in [-0.4, -0.2) is 54.7 Å². The van der Waals surface area contributed by atoms with E-state index in [0.717, 1.165) is 38.0 Å². The van der Waals surface area contributed by atoms with Crippen LogP contribution in [0.15, 0.2) is 54.6 Å². The summed E-state index contributed by atoms with van der Waals surface area (Å²) in [6, 6.07) is 17.3. The molecular formula is C25H31N3O4. The number of anilines is 2.